The van der Waals surface area contributed by atoms with E-state index in [0.717, 1.165) is 5.69 Å². The molecule has 0 aliphatic carbocycles. The fourth-order valence-corrected chi connectivity index (χ4v) is 2.07. The number of aromatic nitrogens is 2. The Kier molecular flexibility index (Phi) is 5.87. The standard InChI is InChI=1S/C18H24N4O2/c1-18(2,3)13-5-7-14(8-6-13)22-16-12-20-15(11-21-16)17(23)19-9-10-24-4/h5-8,11-12H,9-10H2,1-4H3,(H,19,23)(H,21,22). The van der Waals surface area contributed by atoms with Crippen LogP contribution in [0.3, 0.4) is 0 Å². The van der Waals surface area contributed by atoms with Gasteiger partial charge in [0.25, 0.3) is 5.91 Å². The molecule has 0 bridgehead atoms. The fraction of sp³-hybridized carbons (Fsp3) is 0.389. The maximum absolute atomic E-state index is 11.8. The number of ether oxygens (including phenoxy) is 1. The molecule has 0 aliphatic rings. The van der Waals surface area contributed by atoms with Crippen molar-refractivity contribution in [2.24, 2.45) is 0 Å². The summed E-state index contributed by atoms with van der Waals surface area (Å²) in [6.45, 7) is 7.44. The number of carbonyl (C=O) groups is 1. The Morgan fingerprint density at radius 3 is 2.38 bits per heavy atom. The molecule has 1 amide bonds. The largest absolute Gasteiger partial charge is 0.383 e. The van der Waals surface area contributed by atoms with E-state index in [1.807, 2.05) is 12.1 Å². The van der Waals surface area contributed by atoms with Crippen LogP contribution in [0.2, 0.25) is 0 Å². The highest BCUT2D eigenvalue weighted by molar-refractivity contribution is 5.92. The van der Waals surface area contributed by atoms with E-state index in [-0.39, 0.29) is 17.0 Å². The second-order valence-corrected chi connectivity index (χ2v) is 6.49. The molecule has 0 saturated heterocycles. The number of carbonyl (C=O) groups excluding carboxylic acids is 1. The van der Waals surface area contributed by atoms with E-state index < -0.39 is 0 Å². The molecule has 1 heterocycles. The predicted molar refractivity (Wildman–Crippen MR) is 94.7 cm³/mol. The Morgan fingerprint density at radius 2 is 1.83 bits per heavy atom. The van der Waals surface area contributed by atoms with Gasteiger partial charge in [0, 0.05) is 19.3 Å². The maximum atomic E-state index is 11.8. The summed E-state index contributed by atoms with van der Waals surface area (Å²) in [7, 11) is 1.58. The first-order chi connectivity index (χ1) is 11.4. The van der Waals surface area contributed by atoms with Gasteiger partial charge in [0.1, 0.15) is 11.5 Å². The van der Waals surface area contributed by atoms with Crippen LogP contribution in [0.15, 0.2) is 36.7 Å². The van der Waals surface area contributed by atoms with Crippen LogP contribution >= 0.6 is 0 Å². The minimum absolute atomic E-state index is 0.121. The minimum atomic E-state index is -0.263. The van der Waals surface area contributed by atoms with E-state index in [1.54, 1.807) is 13.3 Å². The minimum Gasteiger partial charge on any atom is -0.383 e. The molecule has 24 heavy (non-hydrogen) atoms. The molecule has 2 N–H and O–H groups in total. The van der Waals surface area contributed by atoms with Gasteiger partial charge in [0.05, 0.1) is 19.0 Å². The molecular weight excluding hydrogens is 304 g/mol. The number of amides is 1. The third kappa shape index (κ3) is 5.03. The Hall–Kier alpha value is -2.47. The molecule has 1 aromatic carbocycles. The highest BCUT2D eigenvalue weighted by atomic mass is 16.5. The zero-order chi connectivity index (χ0) is 17.6. The van der Waals surface area contributed by atoms with Gasteiger partial charge in [0.15, 0.2) is 0 Å². The first-order valence-corrected chi connectivity index (χ1v) is 7.87. The molecule has 0 spiro atoms. The van der Waals surface area contributed by atoms with Crippen LogP contribution in [0, 0.1) is 0 Å². The molecule has 128 valence electrons. The van der Waals surface area contributed by atoms with Crippen molar-refractivity contribution in [3.05, 3.63) is 47.9 Å². The molecule has 0 fully saturated rings. The summed E-state index contributed by atoms with van der Waals surface area (Å²) >= 11 is 0. The van der Waals surface area contributed by atoms with Crippen molar-refractivity contribution in [1.29, 1.82) is 0 Å². The molecule has 6 heteroatoms. The van der Waals surface area contributed by atoms with Crippen molar-refractivity contribution in [3.8, 4) is 0 Å². The molecule has 0 radical (unpaired) electrons. The second kappa shape index (κ2) is 7.88. The summed E-state index contributed by atoms with van der Waals surface area (Å²) < 4.78 is 4.88. The monoisotopic (exact) mass is 328 g/mol. The predicted octanol–water partition coefficient (Wildman–Crippen LogP) is 2.89. The van der Waals surface area contributed by atoms with Gasteiger partial charge >= 0.3 is 0 Å². The van der Waals surface area contributed by atoms with Gasteiger partial charge in [-0.15, -0.1) is 0 Å². The highest BCUT2D eigenvalue weighted by Crippen LogP contribution is 2.24. The molecule has 6 nitrogen and oxygen atoms in total. The summed E-state index contributed by atoms with van der Waals surface area (Å²) in [6.07, 6.45) is 3.00. The number of rotatable bonds is 6. The number of nitrogens with zero attached hydrogens (tertiary/aromatic N) is 2. The Bertz CT molecular complexity index is 661. The van der Waals surface area contributed by atoms with Gasteiger partial charge in [-0.1, -0.05) is 32.9 Å². The smallest absolute Gasteiger partial charge is 0.271 e. The zero-order valence-electron chi connectivity index (χ0n) is 14.6. The molecule has 1 aromatic heterocycles. The average Bonchev–Trinajstić information content (AvgIpc) is 2.55. The summed E-state index contributed by atoms with van der Waals surface area (Å²) in [5.74, 6) is 0.326. The zero-order valence-corrected chi connectivity index (χ0v) is 14.6. The normalized spacial score (nSPS) is 11.2. The van der Waals surface area contributed by atoms with E-state index in [1.165, 1.54) is 11.8 Å². The van der Waals surface area contributed by atoms with E-state index in [4.69, 9.17) is 4.74 Å². The van der Waals surface area contributed by atoms with Crippen LogP contribution in [0.1, 0.15) is 36.8 Å². The number of hydrogen-bond donors (Lipinski definition) is 2. The van der Waals surface area contributed by atoms with Crippen molar-refractivity contribution < 1.29 is 9.53 Å². The maximum Gasteiger partial charge on any atom is 0.271 e. The lowest BCUT2D eigenvalue weighted by atomic mass is 9.87. The molecule has 0 saturated carbocycles. The number of methoxy groups -OCH3 is 1. The Morgan fingerprint density at radius 1 is 1.12 bits per heavy atom. The molecule has 0 aliphatic heterocycles. The quantitative estimate of drug-likeness (QED) is 0.798. The number of anilines is 2. The Balaban J connectivity index is 1.97. The summed E-state index contributed by atoms with van der Waals surface area (Å²) in [5.41, 5.74) is 2.59. The van der Waals surface area contributed by atoms with Crippen LogP contribution < -0.4 is 10.6 Å². The number of benzene rings is 1. The SMILES string of the molecule is COCCNC(=O)c1cnc(Nc2ccc(C(C)(C)C)cc2)cn1. The lowest BCUT2D eigenvalue weighted by Crippen LogP contribution is -2.27. The van der Waals surface area contributed by atoms with Crippen LogP contribution in [0.25, 0.3) is 0 Å². The van der Waals surface area contributed by atoms with Crippen molar-refractivity contribution in [3.63, 3.8) is 0 Å². The van der Waals surface area contributed by atoms with Crippen molar-refractivity contribution >= 4 is 17.4 Å². The molecule has 2 rings (SSSR count). The lowest BCUT2D eigenvalue weighted by molar-refractivity contribution is 0.0932. The van der Waals surface area contributed by atoms with E-state index in [9.17, 15) is 4.79 Å². The molecule has 0 atom stereocenters. The molecule has 2 aromatic rings. The van der Waals surface area contributed by atoms with Gasteiger partial charge in [-0.25, -0.2) is 9.97 Å². The van der Waals surface area contributed by atoms with Crippen molar-refractivity contribution in [1.82, 2.24) is 15.3 Å². The van der Waals surface area contributed by atoms with Gasteiger partial charge in [-0.3, -0.25) is 4.79 Å². The third-order valence-corrected chi connectivity index (χ3v) is 3.50. The summed E-state index contributed by atoms with van der Waals surface area (Å²) in [4.78, 5) is 20.2. The van der Waals surface area contributed by atoms with Gasteiger partial charge in [-0.2, -0.15) is 0 Å². The van der Waals surface area contributed by atoms with Crippen LogP contribution in [-0.4, -0.2) is 36.1 Å². The van der Waals surface area contributed by atoms with Crippen LogP contribution in [0.4, 0.5) is 11.5 Å². The highest BCUT2D eigenvalue weighted by Gasteiger charge is 2.13. The van der Waals surface area contributed by atoms with Gasteiger partial charge < -0.3 is 15.4 Å². The van der Waals surface area contributed by atoms with Crippen molar-refractivity contribution in [2.75, 3.05) is 25.6 Å². The van der Waals surface area contributed by atoms with E-state index in [2.05, 4.69) is 53.5 Å². The number of nitrogens with one attached hydrogen (secondary N) is 2. The van der Waals surface area contributed by atoms with Gasteiger partial charge in [-0.05, 0) is 23.1 Å². The molecule has 0 unspecified atom stereocenters. The number of hydrogen-bond acceptors (Lipinski definition) is 5. The molecular formula is C18H24N4O2. The lowest BCUT2D eigenvalue weighted by Gasteiger charge is -2.19. The first-order valence-electron chi connectivity index (χ1n) is 7.87. The van der Waals surface area contributed by atoms with Crippen LogP contribution in [-0.2, 0) is 10.2 Å². The van der Waals surface area contributed by atoms with Crippen molar-refractivity contribution in [2.45, 2.75) is 26.2 Å². The third-order valence-electron chi connectivity index (χ3n) is 3.50. The second-order valence-electron chi connectivity index (χ2n) is 6.49. The topological polar surface area (TPSA) is 76.1 Å². The summed E-state index contributed by atoms with van der Waals surface area (Å²) in [5, 5.41) is 5.88. The fourth-order valence-electron chi connectivity index (χ4n) is 2.07. The first kappa shape index (κ1) is 17.9. The van der Waals surface area contributed by atoms with E-state index >= 15 is 0 Å². The van der Waals surface area contributed by atoms with Gasteiger partial charge in [0.2, 0.25) is 0 Å². The van der Waals surface area contributed by atoms with Crippen LogP contribution in [0.5, 0.6) is 0 Å². The van der Waals surface area contributed by atoms with E-state index in [0.29, 0.717) is 19.0 Å². The average molecular weight is 328 g/mol. The Labute approximate surface area is 142 Å². The summed E-state index contributed by atoms with van der Waals surface area (Å²) in [6, 6.07) is 8.20.